The van der Waals surface area contributed by atoms with Gasteiger partial charge in [-0.1, -0.05) is 12.1 Å². The number of anilines is 1. The number of nitrogens with one attached hydrogen (secondary N) is 1. The highest BCUT2D eigenvalue weighted by molar-refractivity contribution is 9.10. The Morgan fingerprint density at radius 2 is 2.19 bits per heavy atom. The summed E-state index contributed by atoms with van der Waals surface area (Å²) in [5, 5.41) is 2.80. The first-order chi connectivity index (χ1) is 10.1. The number of halogens is 1. The lowest BCUT2D eigenvalue weighted by atomic mass is 10.1. The van der Waals surface area contributed by atoms with Gasteiger partial charge in [-0.3, -0.25) is 4.79 Å². The molecule has 0 fully saturated rings. The Morgan fingerprint density at radius 3 is 2.86 bits per heavy atom. The van der Waals surface area contributed by atoms with Crippen LogP contribution in [0.1, 0.15) is 16.1 Å². The van der Waals surface area contributed by atoms with Crippen molar-refractivity contribution in [1.82, 2.24) is 4.98 Å². The van der Waals surface area contributed by atoms with Crippen molar-refractivity contribution < 1.29 is 13.6 Å². The van der Waals surface area contributed by atoms with Gasteiger partial charge in [0.05, 0.1) is 6.20 Å². The number of furan rings is 1. The van der Waals surface area contributed by atoms with Crippen molar-refractivity contribution in [1.29, 1.82) is 0 Å². The molecule has 0 radical (unpaired) electrons. The fourth-order valence-corrected chi connectivity index (χ4v) is 2.47. The van der Waals surface area contributed by atoms with Gasteiger partial charge in [0.2, 0.25) is 0 Å². The van der Waals surface area contributed by atoms with Gasteiger partial charge < -0.3 is 14.2 Å². The third-order valence-corrected chi connectivity index (χ3v) is 3.32. The van der Waals surface area contributed by atoms with E-state index in [0.717, 1.165) is 11.1 Å². The van der Waals surface area contributed by atoms with Crippen molar-refractivity contribution in [2.24, 2.45) is 0 Å². The number of carbonyl (C=O) groups excluding carboxylic acids is 1. The summed E-state index contributed by atoms with van der Waals surface area (Å²) in [5.74, 6) is 0.628. The second-order valence-corrected chi connectivity index (χ2v) is 5.24. The molecule has 0 aliphatic rings. The van der Waals surface area contributed by atoms with E-state index in [2.05, 4.69) is 26.2 Å². The van der Waals surface area contributed by atoms with E-state index in [1.54, 1.807) is 18.3 Å². The Morgan fingerprint density at radius 1 is 1.33 bits per heavy atom. The van der Waals surface area contributed by atoms with Gasteiger partial charge in [-0.15, -0.1) is 0 Å². The number of oxazole rings is 1. The standard InChI is InChI=1S/C15H11BrN2O3/c1-9-5-13(16)21-14(9)15(19)18-11-4-2-3-10(6-11)12-7-17-8-20-12/h2-8H,1H3,(H,18,19). The molecule has 2 aromatic heterocycles. The SMILES string of the molecule is Cc1cc(Br)oc1C(=O)Nc1cccc(-c2cnco2)c1. The molecule has 0 aliphatic carbocycles. The van der Waals surface area contributed by atoms with Crippen molar-refractivity contribution >= 4 is 27.5 Å². The van der Waals surface area contributed by atoms with Crippen LogP contribution in [0.5, 0.6) is 0 Å². The zero-order valence-electron chi connectivity index (χ0n) is 11.1. The van der Waals surface area contributed by atoms with E-state index in [1.165, 1.54) is 6.39 Å². The summed E-state index contributed by atoms with van der Waals surface area (Å²) in [6.07, 6.45) is 2.99. The Hall–Kier alpha value is -2.34. The van der Waals surface area contributed by atoms with Crippen molar-refractivity contribution in [2.75, 3.05) is 5.32 Å². The maximum Gasteiger partial charge on any atom is 0.291 e. The monoisotopic (exact) mass is 346 g/mol. The molecule has 5 nitrogen and oxygen atoms in total. The number of aryl methyl sites for hydroxylation is 1. The summed E-state index contributed by atoms with van der Waals surface area (Å²) >= 11 is 3.21. The van der Waals surface area contributed by atoms with Gasteiger partial charge in [0, 0.05) is 16.8 Å². The average Bonchev–Trinajstić information content (AvgIpc) is 3.08. The maximum absolute atomic E-state index is 12.2. The second kappa shape index (κ2) is 5.57. The minimum Gasteiger partial charge on any atom is -0.444 e. The number of carbonyl (C=O) groups is 1. The number of benzene rings is 1. The van der Waals surface area contributed by atoms with E-state index in [4.69, 9.17) is 8.83 Å². The smallest absolute Gasteiger partial charge is 0.291 e. The van der Waals surface area contributed by atoms with Crippen molar-refractivity contribution in [3.8, 4) is 11.3 Å². The Labute approximate surface area is 129 Å². The molecule has 21 heavy (non-hydrogen) atoms. The Kier molecular flexibility index (Phi) is 3.62. The molecule has 0 spiro atoms. The lowest BCUT2D eigenvalue weighted by Crippen LogP contribution is -2.12. The second-order valence-electron chi connectivity index (χ2n) is 4.46. The van der Waals surface area contributed by atoms with E-state index in [-0.39, 0.29) is 11.7 Å². The summed E-state index contributed by atoms with van der Waals surface area (Å²) in [7, 11) is 0. The molecule has 1 N–H and O–H groups in total. The van der Waals surface area contributed by atoms with Gasteiger partial charge >= 0.3 is 0 Å². The Bertz CT molecular complexity index is 778. The topological polar surface area (TPSA) is 68.3 Å². The summed E-state index contributed by atoms with van der Waals surface area (Å²) in [6, 6.07) is 9.07. The number of rotatable bonds is 3. The summed E-state index contributed by atoms with van der Waals surface area (Å²) in [5.41, 5.74) is 2.26. The van der Waals surface area contributed by atoms with Crippen molar-refractivity contribution in [2.45, 2.75) is 6.92 Å². The van der Waals surface area contributed by atoms with Crippen LogP contribution in [0.4, 0.5) is 5.69 Å². The predicted octanol–water partition coefficient (Wildman–Crippen LogP) is 4.26. The molecule has 1 aromatic carbocycles. The minimum absolute atomic E-state index is 0.284. The molecule has 2 heterocycles. The third kappa shape index (κ3) is 2.90. The molecular formula is C15H11BrN2O3. The van der Waals surface area contributed by atoms with E-state index >= 15 is 0 Å². The van der Waals surface area contributed by atoms with Crippen LogP contribution in [0.25, 0.3) is 11.3 Å². The highest BCUT2D eigenvalue weighted by Gasteiger charge is 2.15. The maximum atomic E-state index is 12.2. The predicted molar refractivity (Wildman–Crippen MR) is 81.0 cm³/mol. The molecule has 3 aromatic rings. The lowest BCUT2D eigenvalue weighted by Gasteiger charge is -2.05. The molecule has 0 aliphatic heterocycles. The normalized spacial score (nSPS) is 10.6. The molecule has 3 rings (SSSR count). The van der Waals surface area contributed by atoms with Gasteiger partial charge in [-0.25, -0.2) is 4.98 Å². The fraction of sp³-hybridized carbons (Fsp3) is 0.0667. The number of nitrogens with zero attached hydrogens (tertiary/aromatic N) is 1. The van der Waals surface area contributed by atoms with Crippen molar-refractivity contribution in [3.63, 3.8) is 0 Å². The van der Waals surface area contributed by atoms with Gasteiger partial charge in [0.25, 0.3) is 5.91 Å². The molecule has 0 bridgehead atoms. The van der Waals surface area contributed by atoms with Gasteiger partial charge in [-0.05, 0) is 41.1 Å². The van der Waals surface area contributed by atoms with Gasteiger partial charge in [0.15, 0.2) is 22.6 Å². The third-order valence-electron chi connectivity index (χ3n) is 2.93. The van der Waals surface area contributed by atoms with E-state index in [1.807, 2.05) is 25.1 Å². The van der Waals surface area contributed by atoms with Crippen molar-refractivity contribution in [3.05, 3.63) is 58.9 Å². The van der Waals surface area contributed by atoms with Crippen LogP contribution in [0.2, 0.25) is 0 Å². The molecule has 106 valence electrons. The van der Waals surface area contributed by atoms with Crippen LogP contribution in [-0.2, 0) is 0 Å². The van der Waals surface area contributed by atoms with E-state index < -0.39 is 0 Å². The number of hydrogen-bond acceptors (Lipinski definition) is 4. The lowest BCUT2D eigenvalue weighted by molar-refractivity contribution is 0.0994. The van der Waals surface area contributed by atoms with Crippen LogP contribution >= 0.6 is 15.9 Å². The first-order valence-electron chi connectivity index (χ1n) is 6.19. The molecule has 6 heteroatoms. The number of amides is 1. The minimum atomic E-state index is -0.298. The van der Waals surface area contributed by atoms with Crippen LogP contribution in [0.15, 0.2) is 56.4 Å². The number of hydrogen-bond donors (Lipinski definition) is 1. The fourth-order valence-electron chi connectivity index (χ4n) is 1.97. The first kappa shape index (κ1) is 13.6. The van der Waals surface area contributed by atoms with Crippen LogP contribution in [0, 0.1) is 6.92 Å². The highest BCUT2D eigenvalue weighted by Crippen LogP contribution is 2.24. The zero-order valence-corrected chi connectivity index (χ0v) is 12.7. The highest BCUT2D eigenvalue weighted by atomic mass is 79.9. The van der Waals surface area contributed by atoms with Crippen LogP contribution in [-0.4, -0.2) is 10.9 Å². The molecule has 1 amide bonds. The summed E-state index contributed by atoms with van der Waals surface area (Å²) in [4.78, 5) is 16.1. The first-order valence-corrected chi connectivity index (χ1v) is 6.99. The number of aromatic nitrogens is 1. The molecule has 0 unspecified atom stereocenters. The van der Waals surface area contributed by atoms with Gasteiger partial charge in [0.1, 0.15) is 0 Å². The van der Waals surface area contributed by atoms with Crippen LogP contribution in [0.3, 0.4) is 0 Å². The van der Waals surface area contributed by atoms with E-state index in [0.29, 0.717) is 16.1 Å². The summed E-state index contributed by atoms with van der Waals surface area (Å²) in [6.45, 7) is 1.81. The average molecular weight is 347 g/mol. The molecule has 0 atom stereocenters. The molecular weight excluding hydrogens is 336 g/mol. The Balaban J connectivity index is 1.84. The molecule has 0 saturated heterocycles. The van der Waals surface area contributed by atoms with E-state index in [9.17, 15) is 4.79 Å². The molecule has 0 saturated carbocycles. The largest absolute Gasteiger partial charge is 0.444 e. The van der Waals surface area contributed by atoms with Gasteiger partial charge in [-0.2, -0.15) is 0 Å². The van der Waals surface area contributed by atoms with Crippen LogP contribution < -0.4 is 5.32 Å². The quantitative estimate of drug-likeness (QED) is 0.769. The summed E-state index contributed by atoms with van der Waals surface area (Å²) < 4.78 is 11.1. The zero-order chi connectivity index (χ0) is 14.8.